The molecule has 1 aromatic carbocycles. The Balaban J connectivity index is 0.00000288. The SMILES string of the molecule is CCNC(=NCc1ccccc1OC)NCC(=O)N1CCCC1.I. The van der Waals surface area contributed by atoms with E-state index in [1.807, 2.05) is 36.1 Å². The molecule has 0 aromatic heterocycles. The summed E-state index contributed by atoms with van der Waals surface area (Å²) in [5.74, 6) is 1.59. The summed E-state index contributed by atoms with van der Waals surface area (Å²) >= 11 is 0. The number of likely N-dealkylation sites (tertiary alicyclic amines) is 1. The zero-order chi connectivity index (χ0) is 16.5. The van der Waals surface area contributed by atoms with Gasteiger partial charge in [0.1, 0.15) is 5.75 Å². The summed E-state index contributed by atoms with van der Waals surface area (Å²) in [4.78, 5) is 18.5. The normalized spacial score (nSPS) is 14.1. The largest absolute Gasteiger partial charge is 0.496 e. The van der Waals surface area contributed by atoms with E-state index >= 15 is 0 Å². The summed E-state index contributed by atoms with van der Waals surface area (Å²) in [7, 11) is 1.65. The maximum Gasteiger partial charge on any atom is 0.241 e. The first-order valence-corrected chi connectivity index (χ1v) is 8.16. The highest BCUT2D eigenvalue weighted by Crippen LogP contribution is 2.17. The number of rotatable bonds is 6. The first-order chi connectivity index (χ1) is 11.2. The molecule has 1 heterocycles. The molecule has 1 aliphatic heterocycles. The van der Waals surface area contributed by atoms with E-state index in [9.17, 15) is 4.79 Å². The Kier molecular flexibility index (Phi) is 9.51. The molecular formula is C17H27IN4O2. The van der Waals surface area contributed by atoms with Crippen LogP contribution in [0, 0.1) is 0 Å². The molecule has 6 nitrogen and oxygen atoms in total. The topological polar surface area (TPSA) is 66.0 Å². The van der Waals surface area contributed by atoms with E-state index in [2.05, 4.69) is 15.6 Å². The zero-order valence-electron chi connectivity index (χ0n) is 14.4. The highest BCUT2D eigenvalue weighted by atomic mass is 127. The first-order valence-electron chi connectivity index (χ1n) is 8.16. The number of halogens is 1. The number of aliphatic imine (C=N–C) groups is 1. The van der Waals surface area contributed by atoms with Crippen molar-refractivity contribution in [2.75, 3.05) is 33.3 Å². The molecule has 2 rings (SSSR count). The van der Waals surface area contributed by atoms with Gasteiger partial charge in [-0.2, -0.15) is 0 Å². The number of hydrogen-bond acceptors (Lipinski definition) is 3. The van der Waals surface area contributed by atoms with Crippen molar-refractivity contribution >= 4 is 35.8 Å². The summed E-state index contributed by atoms with van der Waals surface area (Å²) in [5.41, 5.74) is 1.01. The van der Waals surface area contributed by atoms with Crippen molar-refractivity contribution in [3.63, 3.8) is 0 Å². The van der Waals surface area contributed by atoms with Crippen molar-refractivity contribution in [3.8, 4) is 5.75 Å². The highest BCUT2D eigenvalue weighted by Gasteiger charge is 2.17. The third kappa shape index (κ3) is 6.18. The van der Waals surface area contributed by atoms with Gasteiger partial charge in [-0.1, -0.05) is 18.2 Å². The molecule has 0 spiro atoms. The standard InChI is InChI=1S/C17H26N4O2.HI/c1-3-18-17(20-13-16(22)21-10-6-7-11-21)19-12-14-8-4-5-9-15(14)23-2;/h4-5,8-9H,3,6-7,10-13H2,1-2H3,(H2,18,19,20);1H. The van der Waals surface area contributed by atoms with Crippen LogP contribution in [0.15, 0.2) is 29.3 Å². The minimum atomic E-state index is 0. The van der Waals surface area contributed by atoms with Gasteiger partial charge in [-0.15, -0.1) is 24.0 Å². The number of carbonyl (C=O) groups excluding carboxylic acids is 1. The Morgan fingerprint density at radius 3 is 2.62 bits per heavy atom. The molecule has 0 atom stereocenters. The van der Waals surface area contributed by atoms with Gasteiger partial charge in [0.2, 0.25) is 5.91 Å². The van der Waals surface area contributed by atoms with Crippen LogP contribution in [0.5, 0.6) is 5.75 Å². The van der Waals surface area contributed by atoms with E-state index in [1.54, 1.807) is 7.11 Å². The molecule has 1 aliphatic rings. The summed E-state index contributed by atoms with van der Waals surface area (Å²) < 4.78 is 5.33. The second-order valence-corrected chi connectivity index (χ2v) is 5.45. The van der Waals surface area contributed by atoms with E-state index in [4.69, 9.17) is 4.74 Å². The summed E-state index contributed by atoms with van der Waals surface area (Å²) in [6, 6.07) is 7.80. The Labute approximate surface area is 161 Å². The Hall–Kier alpha value is -1.51. The number of amides is 1. The molecule has 1 fully saturated rings. The van der Waals surface area contributed by atoms with Gasteiger partial charge in [0.15, 0.2) is 5.96 Å². The number of nitrogens with one attached hydrogen (secondary N) is 2. The zero-order valence-corrected chi connectivity index (χ0v) is 16.7. The lowest BCUT2D eigenvalue weighted by atomic mass is 10.2. The van der Waals surface area contributed by atoms with Crippen LogP contribution in [0.25, 0.3) is 0 Å². The lowest BCUT2D eigenvalue weighted by molar-refractivity contribution is -0.128. The molecular weight excluding hydrogens is 419 g/mol. The molecule has 0 unspecified atom stereocenters. The Bertz CT molecular complexity index is 545. The maximum absolute atomic E-state index is 12.1. The number of ether oxygens (including phenoxy) is 1. The third-order valence-corrected chi connectivity index (χ3v) is 3.81. The Morgan fingerprint density at radius 2 is 1.96 bits per heavy atom. The molecule has 1 saturated heterocycles. The van der Waals surface area contributed by atoms with Crippen LogP contribution in [0.2, 0.25) is 0 Å². The van der Waals surface area contributed by atoms with Gasteiger partial charge in [0.25, 0.3) is 0 Å². The van der Waals surface area contributed by atoms with Crippen LogP contribution < -0.4 is 15.4 Å². The van der Waals surface area contributed by atoms with E-state index in [1.165, 1.54) is 0 Å². The Morgan fingerprint density at radius 1 is 1.25 bits per heavy atom. The van der Waals surface area contributed by atoms with E-state index < -0.39 is 0 Å². The van der Waals surface area contributed by atoms with Crippen molar-refractivity contribution in [1.82, 2.24) is 15.5 Å². The number of benzene rings is 1. The van der Waals surface area contributed by atoms with Crippen molar-refractivity contribution in [3.05, 3.63) is 29.8 Å². The van der Waals surface area contributed by atoms with Gasteiger partial charge < -0.3 is 20.3 Å². The van der Waals surface area contributed by atoms with E-state index in [0.29, 0.717) is 12.5 Å². The molecule has 0 saturated carbocycles. The van der Waals surface area contributed by atoms with Crippen LogP contribution in [-0.2, 0) is 11.3 Å². The molecule has 1 amide bonds. The number of guanidine groups is 1. The number of carbonyl (C=O) groups is 1. The summed E-state index contributed by atoms with van der Waals surface area (Å²) in [5, 5.41) is 6.28. The second kappa shape index (κ2) is 11.1. The number of nitrogens with zero attached hydrogens (tertiary/aromatic N) is 2. The van der Waals surface area contributed by atoms with Gasteiger partial charge in [0.05, 0.1) is 20.2 Å². The number of hydrogen-bond donors (Lipinski definition) is 2. The van der Waals surface area contributed by atoms with Crippen LogP contribution in [0.4, 0.5) is 0 Å². The third-order valence-electron chi connectivity index (χ3n) is 3.81. The maximum atomic E-state index is 12.1. The van der Waals surface area contributed by atoms with Crippen LogP contribution >= 0.6 is 24.0 Å². The fourth-order valence-corrected chi connectivity index (χ4v) is 2.58. The fraction of sp³-hybridized carbons (Fsp3) is 0.529. The lowest BCUT2D eigenvalue weighted by Gasteiger charge is -2.17. The predicted molar refractivity (Wildman–Crippen MR) is 107 cm³/mol. The molecule has 0 bridgehead atoms. The highest BCUT2D eigenvalue weighted by molar-refractivity contribution is 14.0. The van der Waals surface area contributed by atoms with E-state index in [0.717, 1.165) is 43.8 Å². The predicted octanol–water partition coefficient (Wildman–Crippen LogP) is 1.99. The quantitative estimate of drug-likeness (QED) is 0.399. The van der Waals surface area contributed by atoms with Crippen molar-refractivity contribution < 1.29 is 9.53 Å². The van der Waals surface area contributed by atoms with Gasteiger partial charge in [-0.05, 0) is 25.8 Å². The molecule has 0 radical (unpaired) electrons. The van der Waals surface area contributed by atoms with Crippen molar-refractivity contribution in [1.29, 1.82) is 0 Å². The first kappa shape index (κ1) is 20.5. The minimum absolute atomic E-state index is 0. The fourth-order valence-electron chi connectivity index (χ4n) is 2.58. The summed E-state index contributed by atoms with van der Waals surface area (Å²) in [6.07, 6.45) is 2.21. The molecule has 1 aromatic rings. The monoisotopic (exact) mass is 446 g/mol. The smallest absolute Gasteiger partial charge is 0.241 e. The molecule has 24 heavy (non-hydrogen) atoms. The van der Waals surface area contributed by atoms with Crippen LogP contribution in [0.3, 0.4) is 0 Å². The molecule has 7 heteroatoms. The van der Waals surface area contributed by atoms with Gasteiger partial charge in [-0.3, -0.25) is 4.79 Å². The second-order valence-electron chi connectivity index (χ2n) is 5.45. The minimum Gasteiger partial charge on any atom is -0.496 e. The average molecular weight is 446 g/mol. The van der Waals surface area contributed by atoms with Gasteiger partial charge >= 0.3 is 0 Å². The number of methoxy groups -OCH3 is 1. The lowest BCUT2D eigenvalue weighted by Crippen LogP contribution is -2.44. The summed E-state index contributed by atoms with van der Waals surface area (Å²) in [6.45, 7) is 5.26. The van der Waals surface area contributed by atoms with Crippen molar-refractivity contribution in [2.24, 2.45) is 4.99 Å². The average Bonchev–Trinajstić information content (AvgIpc) is 3.12. The van der Waals surface area contributed by atoms with Gasteiger partial charge in [0, 0.05) is 25.2 Å². The van der Waals surface area contributed by atoms with Crippen LogP contribution in [-0.4, -0.2) is 50.1 Å². The number of para-hydroxylation sites is 1. The molecule has 134 valence electrons. The molecule has 2 N–H and O–H groups in total. The van der Waals surface area contributed by atoms with Gasteiger partial charge in [-0.25, -0.2) is 4.99 Å². The van der Waals surface area contributed by atoms with Crippen molar-refractivity contribution in [2.45, 2.75) is 26.3 Å². The van der Waals surface area contributed by atoms with E-state index in [-0.39, 0.29) is 36.4 Å². The molecule has 0 aliphatic carbocycles. The van der Waals surface area contributed by atoms with Crippen LogP contribution in [0.1, 0.15) is 25.3 Å².